The molecule has 0 saturated heterocycles. The van der Waals surface area contributed by atoms with Crippen LogP contribution in [0.2, 0.25) is 0 Å². The Labute approximate surface area is 129 Å². The Balaban J connectivity index is 0.00000162. The van der Waals surface area contributed by atoms with Crippen LogP contribution in [-0.2, 0) is 16.5 Å². The van der Waals surface area contributed by atoms with Crippen molar-refractivity contribution in [3.8, 4) is 0 Å². The zero-order valence-electron chi connectivity index (χ0n) is 10.1. The molecule has 5 heteroatoms. The Morgan fingerprint density at radius 1 is 1.22 bits per heavy atom. The van der Waals surface area contributed by atoms with Crippen molar-refractivity contribution in [2.24, 2.45) is 0 Å². The van der Waals surface area contributed by atoms with Crippen LogP contribution in [0.5, 0.6) is 0 Å². The van der Waals surface area contributed by atoms with Crippen LogP contribution in [0.15, 0.2) is 53.9 Å². The van der Waals surface area contributed by atoms with Crippen molar-refractivity contribution in [1.82, 2.24) is 0 Å². The van der Waals surface area contributed by atoms with Crippen LogP contribution >= 0.6 is 0 Å². The summed E-state index contributed by atoms with van der Waals surface area (Å²) in [7, 11) is -4.45. The summed E-state index contributed by atoms with van der Waals surface area (Å²) in [6.45, 7) is 3.60. The molecule has 0 aromatic heterocycles. The fourth-order valence-electron chi connectivity index (χ4n) is 1.83. The van der Waals surface area contributed by atoms with Crippen LogP contribution in [0.1, 0.15) is 5.56 Å². The predicted molar refractivity (Wildman–Crippen MR) is 65.8 cm³/mol. The molecule has 2 aromatic carbocycles. The predicted octanol–water partition coefficient (Wildman–Crippen LogP) is -0.524. The number of benzene rings is 2. The molecule has 0 unspecified atom stereocenters. The molecule has 0 bridgehead atoms. The second kappa shape index (κ2) is 5.99. The van der Waals surface area contributed by atoms with E-state index in [9.17, 15) is 13.0 Å². The minimum Gasteiger partial charge on any atom is -0.744 e. The van der Waals surface area contributed by atoms with E-state index in [2.05, 4.69) is 6.58 Å². The third-order valence-corrected chi connectivity index (χ3v) is 3.41. The van der Waals surface area contributed by atoms with E-state index in [1.54, 1.807) is 30.3 Å². The van der Waals surface area contributed by atoms with Gasteiger partial charge in [0.05, 0.1) is 4.90 Å². The van der Waals surface area contributed by atoms with Gasteiger partial charge in [-0.1, -0.05) is 36.4 Å². The van der Waals surface area contributed by atoms with Crippen LogP contribution in [0.4, 0.5) is 0 Å². The fourth-order valence-corrected chi connectivity index (χ4v) is 2.58. The van der Waals surface area contributed by atoms with Gasteiger partial charge in [-0.2, -0.15) is 0 Å². The molecule has 0 heterocycles. The first-order valence-electron chi connectivity index (χ1n) is 5.11. The maximum absolute atomic E-state index is 11.2. The minimum absolute atomic E-state index is 0. The Morgan fingerprint density at radius 2 is 1.89 bits per heavy atom. The van der Waals surface area contributed by atoms with Crippen molar-refractivity contribution in [2.75, 3.05) is 0 Å². The summed E-state index contributed by atoms with van der Waals surface area (Å²) in [5.41, 5.74) is 0.771. The molecular formula is C13H11NaO3S. The Hall–Kier alpha value is -0.650. The van der Waals surface area contributed by atoms with Crippen molar-refractivity contribution >= 4 is 20.9 Å². The number of rotatable bonds is 3. The summed E-state index contributed by atoms with van der Waals surface area (Å²) in [6, 6.07) is 10.2. The maximum atomic E-state index is 11.2. The molecule has 0 aliphatic heterocycles. The third kappa shape index (κ3) is 3.22. The molecule has 0 fully saturated rings. The van der Waals surface area contributed by atoms with Crippen LogP contribution in [-0.4, -0.2) is 13.0 Å². The molecule has 88 valence electrons. The average molecular weight is 270 g/mol. The molecule has 0 aliphatic carbocycles. The quantitative estimate of drug-likeness (QED) is 0.428. The molecule has 0 atom stereocenters. The van der Waals surface area contributed by atoms with Crippen molar-refractivity contribution in [1.29, 1.82) is 0 Å². The summed E-state index contributed by atoms with van der Waals surface area (Å²) in [5, 5.41) is 1.22. The number of fused-ring (bicyclic) bond motifs is 1. The molecule has 0 aliphatic rings. The van der Waals surface area contributed by atoms with E-state index in [0.717, 1.165) is 10.9 Å². The summed E-state index contributed by atoms with van der Waals surface area (Å²) >= 11 is 0. The zero-order chi connectivity index (χ0) is 12.5. The molecular weight excluding hydrogens is 259 g/mol. The van der Waals surface area contributed by atoms with E-state index in [1.165, 1.54) is 6.07 Å². The second-order valence-electron chi connectivity index (χ2n) is 3.76. The van der Waals surface area contributed by atoms with E-state index in [-0.39, 0.29) is 34.5 Å². The topological polar surface area (TPSA) is 57.2 Å². The first-order chi connectivity index (χ1) is 8.02. The molecule has 3 nitrogen and oxygen atoms in total. The third-order valence-electron chi connectivity index (χ3n) is 2.53. The number of hydrogen-bond donors (Lipinski definition) is 0. The number of hydrogen-bond acceptors (Lipinski definition) is 3. The van der Waals surface area contributed by atoms with Crippen molar-refractivity contribution in [3.05, 3.63) is 54.6 Å². The summed E-state index contributed by atoms with van der Waals surface area (Å²) in [6.07, 6.45) is 2.21. The van der Waals surface area contributed by atoms with Crippen LogP contribution in [0, 0.1) is 0 Å². The largest absolute Gasteiger partial charge is 1.00 e. The molecule has 0 saturated carbocycles. The van der Waals surface area contributed by atoms with Gasteiger partial charge >= 0.3 is 29.6 Å². The molecule has 2 aromatic rings. The molecule has 0 amide bonds. The van der Waals surface area contributed by atoms with E-state index in [4.69, 9.17) is 0 Å². The van der Waals surface area contributed by atoms with E-state index < -0.39 is 10.1 Å². The molecule has 0 radical (unpaired) electrons. The second-order valence-corrected chi connectivity index (χ2v) is 5.11. The van der Waals surface area contributed by atoms with Gasteiger partial charge < -0.3 is 4.55 Å². The first-order valence-corrected chi connectivity index (χ1v) is 6.51. The number of allylic oxidation sites excluding steroid dienone is 1. The first kappa shape index (κ1) is 15.4. The van der Waals surface area contributed by atoms with Gasteiger partial charge in [-0.05, 0) is 28.8 Å². The van der Waals surface area contributed by atoms with Gasteiger partial charge in [0.25, 0.3) is 0 Å². The van der Waals surface area contributed by atoms with Gasteiger partial charge in [0.1, 0.15) is 10.1 Å². The van der Waals surface area contributed by atoms with Gasteiger partial charge in [-0.25, -0.2) is 8.42 Å². The van der Waals surface area contributed by atoms with Gasteiger partial charge in [0, 0.05) is 0 Å². The Bertz CT molecular complexity index is 678. The smallest absolute Gasteiger partial charge is 0.744 e. The van der Waals surface area contributed by atoms with Crippen LogP contribution < -0.4 is 29.6 Å². The molecule has 18 heavy (non-hydrogen) atoms. The summed E-state index contributed by atoms with van der Waals surface area (Å²) < 4.78 is 33.7. The minimum atomic E-state index is -4.45. The van der Waals surface area contributed by atoms with Crippen molar-refractivity contribution < 1.29 is 42.5 Å². The van der Waals surface area contributed by atoms with E-state index >= 15 is 0 Å². The van der Waals surface area contributed by atoms with Gasteiger partial charge in [-0.3, -0.25) is 0 Å². The van der Waals surface area contributed by atoms with E-state index in [0.29, 0.717) is 11.8 Å². The Morgan fingerprint density at radius 3 is 2.50 bits per heavy atom. The van der Waals surface area contributed by atoms with Gasteiger partial charge in [0.2, 0.25) is 0 Å². The maximum Gasteiger partial charge on any atom is 1.00 e. The Kier molecular flexibility index (Phi) is 5.13. The summed E-state index contributed by atoms with van der Waals surface area (Å²) in [5.74, 6) is 0. The van der Waals surface area contributed by atoms with Gasteiger partial charge in [0.15, 0.2) is 0 Å². The van der Waals surface area contributed by atoms with Gasteiger partial charge in [-0.15, -0.1) is 6.58 Å². The normalized spacial score (nSPS) is 10.9. The molecule has 2 rings (SSSR count). The van der Waals surface area contributed by atoms with Crippen molar-refractivity contribution in [3.63, 3.8) is 0 Å². The SMILES string of the molecule is C=CCc1cc(S(=O)(=O)[O-])c2ccccc2c1.[Na+]. The summed E-state index contributed by atoms with van der Waals surface area (Å²) in [4.78, 5) is -0.160. The van der Waals surface area contributed by atoms with Crippen molar-refractivity contribution in [2.45, 2.75) is 11.3 Å². The van der Waals surface area contributed by atoms with Crippen LogP contribution in [0.3, 0.4) is 0 Å². The average Bonchev–Trinajstić information content (AvgIpc) is 2.27. The van der Waals surface area contributed by atoms with E-state index in [1.807, 2.05) is 6.07 Å². The molecule has 0 N–H and O–H groups in total. The molecule has 0 spiro atoms. The zero-order valence-corrected chi connectivity index (χ0v) is 12.9. The fraction of sp³-hybridized carbons (Fsp3) is 0.0769. The monoisotopic (exact) mass is 270 g/mol. The van der Waals surface area contributed by atoms with Crippen LogP contribution in [0.25, 0.3) is 10.8 Å². The standard InChI is InChI=1S/C13H12O3S.Na/c1-2-5-10-8-11-6-3-4-7-12(11)13(9-10)17(14,15)16;/h2-4,6-9H,1,5H2,(H,14,15,16);/q;+1/p-1.